The van der Waals surface area contributed by atoms with E-state index in [1.807, 2.05) is 19.1 Å². The van der Waals surface area contributed by atoms with Crippen LogP contribution in [-0.2, 0) is 14.8 Å². The fraction of sp³-hybridized carbons (Fsp3) is 0.350. The quantitative estimate of drug-likeness (QED) is 0.826. The Morgan fingerprint density at radius 3 is 2.70 bits per heavy atom. The number of carbonyl (C=O) groups is 1. The molecule has 1 saturated heterocycles. The van der Waals surface area contributed by atoms with Crippen molar-refractivity contribution in [3.05, 3.63) is 59.7 Å². The van der Waals surface area contributed by atoms with Gasteiger partial charge >= 0.3 is 0 Å². The van der Waals surface area contributed by atoms with E-state index in [-0.39, 0.29) is 16.9 Å². The SMILES string of the molecule is Cc1cccc(N(C)S(=O)(=O)c2cccc(C(=O)NCC3CCCO3)c2)c1. The second-order valence-corrected chi connectivity index (χ2v) is 8.65. The lowest BCUT2D eigenvalue weighted by molar-refractivity contribution is 0.0857. The molecule has 0 aromatic heterocycles. The van der Waals surface area contributed by atoms with Crippen LogP contribution in [0.5, 0.6) is 0 Å². The fourth-order valence-electron chi connectivity index (χ4n) is 3.03. The molecule has 1 amide bonds. The number of benzene rings is 2. The standard InChI is InChI=1S/C20H24N2O4S/c1-15-6-3-8-17(12-15)22(2)27(24,25)19-10-4-7-16(13-19)20(23)21-14-18-9-5-11-26-18/h3-4,6-8,10,12-13,18H,5,9,11,14H2,1-2H3,(H,21,23). The lowest BCUT2D eigenvalue weighted by Gasteiger charge is -2.20. The minimum atomic E-state index is -3.77. The first kappa shape index (κ1) is 19.4. The number of sulfonamides is 1. The van der Waals surface area contributed by atoms with Crippen LogP contribution >= 0.6 is 0 Å². The van der Waals surface area contributed by atoms with Crippen LogP contribution in [-0.4, -0.2) is 40.6 Å². The van der Waals surface area contributed by atoms with E-state index in [1.165, 1.54) is 23.5 Å². The first-order chi connectivity index (χ1) is 12.9. The number of hydrogen-bond donors (Lipinski definition) is 1. The Bertz CT molecular complexity index is 921. The van der Waals surface area contributed by atoms with Crippen LogP contribution in [0.1, 0.15) is 28.8 Å². The van der Waals surface area contributed by atoms with E-state index in [0.717, 1.165) is 25.0 Å². The maximum atomic E-state index is 13.0. The Morgan fingerprint density at radius 1 is 1.22 bits per heavy atom. The van der Waals surface area contributed by atoms with Crippen LogP contribution in [0.2, 0.25) is 0 Å². The van der Waals surface area contributed by atoms with Crippen LogP contribution in [0, 0.1) is 6.92 Å². The van der Waals surface area contributed by atoms with Gasteiger partial charge < -0.3 is 10.1 Å². The predicted octanol–water partition coefficient (Wildman–Crippen LogP) is 2.73. The van der Waals surface area contributed by atoms with E-state index in [0.29, 0.717) is 17.8 Å². The second-order valence-electron chi connectivity index (χ2n) is 6.68. The van der Waals surface area contributed by atoms with Gasteiger partial charge in [-0.2, -0.15) is 0 Å². The molecule has 1 heterocycles. The third-order valence-corrected chi connectivity index (χ3v) is 6.42. The molecule has 2 aromatic carbocycles. The van der Waals surface area contributed by atoms with Crippen LogP contribution in [0.25, 0.3) is 0 Å². The molecule has 3 rings (SSSR count). The molecule has 0 radical (unpaired) electrons. The van der Waals surface area contributed by atoms with Crippen molar-refractivity contribution in [2.45, 2.75) is 30.8 Å². The summed E-state index contributed by atoms with van der Waals surface area (Å²) < 4.78 is 32.6. The summed E-state index contributed by atoms with van der Waals surface area (Å²) in [5.41, 5.74) is 1.85. The number of anilines is 1. The van der Waals surface area contributed by atoms with Crippen molar-refractivity contribution in [3.63, 3.8) is 0 Å². The van der Waals surface area contributed by atoms with Gasteiger partial charge in [0, 0.05) is 25.8 Å². The molecule has 7 heteroatoms. The Morgan fingerprint density at radius 2 is 2.00 bits per heavy atom. The summed E-state index contributed by atoms with van der Waals surface area (Å²) in [6.07, 6.45) is 1.96. The molecular weight excluding hydrogens is 364 g/mol. The predicted molar refractivity (Wildman–Crippen MR) is 105 cm³/mol. The van der Waals surface area contributed by atoms with Gasteiger partial charge in [-0.1, -0.05) is 18.2 Å². The van der Waals surface area contributed by atoms with Gasteiger partial charge in [0.05, 0.1) is 16.7 Å². The van der Waals surface area contributed by atoms with E-state index in [9.17, 15) is 13.2 Å². The van der Waals surface area contributed by atoms with Gasteiger partial charge in [-0.25, -0.2) is 8.42 Å². The zero-order valence-electron chi connectivity index (χ0n) is 15.5. The molecule has 27 heavy (non-hydrogen) atoms. The summed E-state index contributed by atoms with van der Waals surface area (Å²) in [6, 6.07) is 13.4. The van der Waals surface area contributed by atoms with Crippen LogP contribution in [0.3, 0.4) is 0 Å². The third-order valence-electron chi connectivity index (χ3n) is 4.63. The molecule has 2 aromatic rings. The van der Waals surface area contributed by atoms with E-state index in [2.05, 4.69) is 5.32 Å². The molecule has 6 nitrogen and oxygen atoms in total. The average Bonchev–Trinajstić information content (AvgIpc) is 3.19. The smallest absolute Gasteiger partial charge is 0.264 e. The lowest BCUT2D eigenvalue weighted by Crippen LogP contribution is -2.32. The van der Waals surface area contributed by atoms with Crippen LogP contribution < -0.4 is 9.62 Å². The number of nitrogens with zero attached hydrogens (tertiary/aromatic N) is 1. The number of amides is 1. The number of carbonyl (C=O) groups excluding carboxylic acids is 1. The Hall–Kier alpha value is -2.38. The molecule has 144 valence electrons. The molecule has 1 fully saturated rings. The molecule has 1 aliphatic rings. The van der Waals surface area contributed by atoms with E-state index in [1.54, 1.807) is 24.3 Å². The highest BCUT2D eigenvalue weighted by molar-refractivity contribution is 7.92. The number of aryl methyl sites for hydroxylation is 1. The minimum Gasteiger partial charge on any atom is -0.376 e. The van der Waals surface area contributed by atoms with Gasteiger partial charge in [-0.05, 0) is 55.7 Å². The van der Waals surface area contributed by atoms with Crippen molar-refractivity contribution in [2.24, 2.45) is 0 Å². The monoisotopic (exact) mass is 388 g/mol. The van der Waals surface area contributed by atoms with E-state index >= 15 is 0 Å². The number of ether oxygens (including phenoxy) is 1. The van der Waals surface area contributed by atoms with Crippen molar-refractivity contribution in [1.29, 1.82) is 0 Å². The maximum Gasteiger partial charge on any atom is 0.264 e. The van der Waals surface area contributed by atoms with Crippen LogP contribution in [0.4, 0.5) is 5.69 Å². The minimum absolute atomic E-state index is 0.0355. The lowest BCUT2D eigenvalue weighted by atomic mass is 10.2. The fourth-order valence-corrected chi connectivity index (χ4v) is 4.27. The molecule has 0 saturated carbocycles. The number of rotatable bonds is 6. The third kappa shape index (κ3) is 4.48. The first-order valence-corrected chi connectivity index (χ1v) is 10.4. The van der Waals surface area contributed by atoms with E-state index in [4.69, 9.17) is 4.74 Å². The zero-order chi connectivity index (χ0) is 19.4. The largest absolute Gasteiger partial charge is 0.376 e. The van der Waals surface area contributed by atoms with Crippen molar-refractivity contribution in [1.82, 2.24) is 5.32 Å². The molecule has 0 spiro atoms. The first-order valence-electron chi connectivity index (χ1n) is 8.93. The van der Waals surface area contributed by atoms with Gasteiger partial charge in [-0.15, -0.1) is 0 Å². The average molecular weight is 388 g/mol. The summed E-state index contributed by atoms with van der Waals surface area (Å²) in [4.78, 5) is 12.5. The molecule has 1 aliphatic heterocycles. The number of hydrogen-bond acceptors (Lipinski definition) is 4. The highest BCUT2D eigenvalue weighted by Crippen LogP contribution is 2.23. The Labute approximate surface area is 160 Å². The van der Waals surface area contributed by atoms with Gasteiger partial charge in [0.25, 0.3) is 15.9 Å². The van der Waals surface area contributed by atoms with Crippen molar-refractivity contribution < 1.29 is 17.9 Å². The molecule has 1 atom stereocenters. The van der Waals surface area contributed by atoms with Gasteiger partial charge in [0.1, 0.15) is 0 Å². The molecule has 1 N–H and O–H groups in total. The van der Waals surface area contributed by atoms with Crippen molar-refractivity contribution in [2.75, 3.05) is 24.5 Å². The number of nitrogens with one attached hydrogen (secondary N) is 1. The summed E-state index contributed by atoms with van der Waals surface area (Å²) in [7, 11) is -2.26. The topological polar surface area (TPSA) is 75.7 Å². The highest BCUT2D eigenvalue weighted by atomic mass is 32.2. The second kappa shape index (κ2) is 8.10. The van der Waals surface area contributed by atoms with Crippen molar-refractivity contribution >= 4 is 21.6 Å². The summed E-state index contributed by atoms with van der Waals surface area (Å²) in [5.74, 6) is -0.305. The Kier molecular flexibility index (Phi) is 5.82. The van der Waals surface area contributed by atoms with Gasteiger partial charge in [0.15, 0.2) is 0 Å². The molecule has 1 unspecified atom stereocenters. The molecular formula is C20H24N2O4S. The van der Waals surface area contributed by atoms with Crippen LogP contribution in [0.15, 0.2) is 53.4 Å². The zero-order valence-corrected chi connectivity index (χ0v) is 16.3. The molecule has 0 bridgehead atoms. The summed E-state index contributed by atoms with van der Waals surface area (Å²) in [5, 5.41) is 2.82. The normalized spacial score (nSPS) is 16.9. The molecule has 0 aliphatic carbocycles. The summed E-state index contributed by atoms with van der Waals surface area (Å²) in [6.45, 7) is 3.06. The highest BCUT2D eigenvalue weighted by Gasteiger charge is 2.23. The summed E-state index contributed by atoms with van der Waals surface area (Å²) >= 11 is 0. The Balaban J connectivity index is 1.77. The maximum absolute atomic E-state index is 13.0. The van der Waals surface area contributed by atoms with Gasteiger partial charge in [-0.3, -0.25) is 9.10 Å². The van der Waals surface area contributed by atoms with Crippen molar-refractivity contribution in [3.8, 4) is 0 Å². The van der Waals surface area contributed by atoms with E-state index < -0.39 is 10.0 Å². The van der Waals surface area contributed by atoms with Gasteiger partial charge in [0.2, 0.25) is 0 Å².